The first kappa shape index (κ1) is 24.0. The number of benzene rings is 4. The largest absolute Gasteiger partial charge is 0.494 e. The quantitative estimate of drug-likeness (QED) is 0.313. The average Bonchev–Trinajstić information content (AvgIpc) is 2.89. The number of carbonyl (C=O) groups is 1. The van der Waals surface area contributed by atoms with Gasteiger partial charge in [0, 0.05) is 17.8 Å². The molecule has 0 atom stereocenters. The molecule has 0 unspecified atom stereocenters. The van der Waals surface area contributed by atoms with E-state index >= 15 is 0 Å². The summed E-state index contributed by atoms with van der Waals surface area (Å²) in [5.41, 5.74) is 2.64. The van der Waals surface area contributed by atoms with Gasteiger partial charge in [-0.05, 0) is 73.2 Å². The lowest BCUT2D eigenvalue weighted by Gasteiger charge is -2.13. The van der Waals surface area contributed by atoms with Crippen LogP contribution in [0.1, 0.15) is 22.8 Å². The van der Waals surface area contributed by atoms with E-state index in [4.69, 9.17) is 4.74 Å². The van der Waals surface area contributed by atoms with Gasteiger partial charge in [-0.3, -0.25) is 4.79 Å². The van der Waals surface area contributed by atoms with E-state index in [0.717, 1.165) is 11.3 Å². The highest BCUT2D eigenvalue weighted by Crippen LogP contribution is 2.28. The SMILES string of the molecule is CCOc1ccc(NC(=O)c2ccc(CNc3ccccc3S(=O)(=O)c3ccccc3)cc2)cc1. The fourth-order valence-corrected chi connectivity index (χ4v) is 5.01. The highest BCUT2D eigenvalue weighted by atomic mass is 32.2. The molecule has 0 aliphatic carbocycles. The summed E-state index contributed by atoms with van der Waals surface area (Å²) in [5.74, 6) is 0.536. The number of nitrogens with one attached hydrogen (secondary N) is 2. The molecule has 0 radical (unpaired) electrons. The molecule has 4 rings (SSSR count). The first-order chi connectivity index (χ1) is 17.0. The number of carbonyl (C=O) groups excluding carboxylic acids is 1. The summed E-state index contributed by atoms with van der Waals surface area (Å²) in [6, 6.07) is 29.6. The minimum atomic E-state index is -3.65. The number of hydrogen-bond acceptors (Lipinski definition) is 5. The molecule has 4 aromatic carbocycles. The average molecular weight is 487 g/mol. The predicted molar refractivity (Wildman–Crippen MR) is 138 cm³/mol. The highest BCUT2D eigenvalue weighted by Gasteiger charge is 2.20. The van der Waals surface area contributed by atoms with E-state index in [1.54, 1.807) is 78.9 Å². The van der Waals surface area contributed by atoms with Gasteiger partial charge in [-0.15, -0.1) is 0 Å². The van der Waals surface area contributed by atoms with Crippen molar-refractivity contribution in [3.05, 3.63) is 114 Å². The Morgan fingerprint density at radius 3 is 2.14 bits per heavy atom. The van der Waals surface area contributed by atoms with Crippen LogP contribution in [0.5, 0.6) is 5.75 Å². The first-order valence-corrected chi connectivity index (χ1v) is 12.7. The van der Waals surface area contributed by atoms with Crippen LogP contribution in [0.25, 0.3) is 0 Å². The van der Waals surface area contributed by atoms with Gasteiger partial charge in [0.2, 0.25) is 9.84 Å². The third-order valence-corrected chi connectivity index (χ3v) is 7.18. The van der Waals surface area contributed by atoms with Crippen LogP contribution in [0.15, 0.2) is 113 Å². The van der Waals surface area contributed by atoms with Gasteiger partial charge in [-0.2, -0.15) is 0 Å². The Morgan fingerprint density at radius 2 is 1.46 bits per heavy atom. The second kappa shape index (κ2) is 10.9. The van der Waals surface area contributed by atoms with Gasteiger partial charge in [-0.25, -0.2) is 8.42 Å². The number of ether oxygens (including phenoxy) is 1. The monoisotopic (exact) mass is 486 g/mol. The van der Waals surface area contributed by atoms with Gasteiger partial charge < -0.3 is 15.4 Å². The van der Waals surface area contributed by atoms with Crippen molar-refractivity contribution in [1.82, 2.24) is 0 Å². The molecular formula is C28H26N2O4S. The van der Waals surface area contributed by atoms with E-state index in [1.807, 2.05) is 31.2 Å². The van der Waals surface area contributed by atoms with Crippen molar-refractivity contribution in [3.63, 3.8) is 0 Å². The Bertz CT molecular complexity index is 1390. The topological polar surface area (TPSA) is 84.5 Å². The Balaban J connectivity index is 1.42. The maximum absolute atomic E-state index is 13.1. The smallest absolute Gasteiger partial charge is 0.255 e. The standard InChI is InChI=1S/C28H26N2O4S/c1-2-34-24-18-16-23(17-19-24)30-28(31)22-14-12-21(13-15-22)20-29-26-10-6-7-11-27(26)35(32,33)25-8-4-3-5-9-25/h3-19,29H,2,20H2,1H3,(H,30,31). The van der Waals surface area contributed by atoms with Crippen LogP contribution < -0.4 is 15.4 Å². The molecule has 0 spiro atoms. The molecule has 0 aromatic heterocycles. The second-order valence-electron chi connectivity index (χ2n) is 7.77. The van der Waals surface area contributed by atoms with Gasteiger partial charge in [0.05, 0.1) is 22.1 Å². The molecule has 0 bridgehead atoms. The van der Waals surface area contributed by atoms with Crippen LogP contribution in [0, 0.1) is 0 Å². The van der Waals surface area contributed by atoms with Crippen molar-refractivity contribution in [2.24, 2.45) is 0 Å². The summed E-state index contributed by atoms with van der Waals surface area (Å²) < 4.78 is 31.6. The summed E-state index contributed by atoms with van der Waals surface area (Å²) in [6.45, 7) is 2.91. The second-order valence-corrected chi connectivity index (χ2v) is 9.69. The summed E-state index contributed by atoms with van der Waals surface area (Å²) in [6.07, 6.45) is 0. The molecule has 0 fully saturated rings. The summed E-state index contributed by atoms with van der Waals surface area (Å²) in [4.78, 5) is 13.0. The molecule has 0 aliphatic heterocycles. The normalized spacial score (nSPS) is 11.0. The van der Waals surface area contributed by atoms with Crippen molar-refractivity contribution in [2.45, 2.75) is 23.3 Å². The Morgan fingerprint density at radius 1 is 0.800 bits per heavy atom. The molecule has 0 aliphatic rings. The predicted octanol–water partition coefficient (Wildman–Crippen LogP) is 5.78. The lowest BCUT2D eigenvalue weighted by atomic mass is 10.1. The molecular weight excluding hydrogens is 460 g/mol. The van der Waals surface area contributed by atoms with Crippen LogP contribution in [-0.4, -0.2) is 20.9 Å². The number of hydrogen-bond donors (Lipinski definition) is 2. The van der Waals surface area contributed by atoms with Crippen LogP contribution in [-0.2, 0) is 16.4 Å². The molecule has 1 amide bonds. The minimum absolute atomic E-state index is 0.215. The molecule has 0 saturated carbocycles. The molecule has 35 heavy (non-hydrogen) atoms. The third kappa shape index (κ3) is 5.88. The van der Waals surface area contributed by atoms with E-state index in [1.165, 1.54) is 0 Å². The van der Waals surface area contributed by atoms with Crippen molar-refractivity contribution in [2.75, 3.05) is 17.2 Å². The van der Waals surface area contributed by atoms with Gasteiger partial charge >= 0.3 is 0 Å². The molecule has 7 heteroatoms. The summed E-state index contributed by atoms with van der Waals surface area (Å²) in [5, 5.41) is 6.09. The lowest BCUT2D eigenvalue weighted by molar-refractivity contribution is 0.102. The van der Waals surface area contributed by atoms with E-state index < -0.39 is 9.84 Å². The number of rotatable bonds is 9. The first-order valence-electron chi connectivity index (χ1n) is 11.2. The number of amides is 1. The number of para-hydroxylation sites is 1. The van der Waals surface area contributed by atoms with Crippen molar-refractivity contribution in [3.8, 4) is 5.75 Å². The Labute approximate surface area is 205 Å². The zero-order chi connectivity index (χ0) is 24.7. The molecule has 2 N–H and O–H groups in total. The number of sulfone groups is 1. The summed E-state index contributed by atoms with van der Waals surface area (Å²) in [7, 11) is -3.65. The Hall–Kier alpha value is -4.10. The zero-order valence-electron chi connectivity index (χ0n) is 19.3. The summed E-state index contributed by atoms with van der Waals surface area (Å²) >= 11 is 0. The van der Waals surface area contributed by atoms with Crippen molar-refractivity contribution < 1.29 is 17.9 Å². The molecule has 4 aromatic rings. The minimum Gasteiger partial charge on any atom is -0.494 e. The fraction of sp³-hybridized carbons (Fsp3) is 0.107. The zero-order valence-corrected chi connectivity index (χ0v) is 20.1. The third-order valence-electron chi connectivity index (χ3n) is 5.35. The van der Waals surface area contributed by atoms with Crippen molar-refractivity contribution >= 4 is 27.1 Å². The van der Waals surface area contributed by atoms with Gasteiger partial charge in [0.25, 0.3) is 5.91 Å². The van der Waals surface area contributed by atoms with Crippen LogP contribution in [0.4, 0.5) is 11.4 Å². The van der Waals surface area contributed by atoms with E-state index in [9.17, 15) is 13.2 Å². The van der Waals surface area contributed by atoms with E-state index in [-0.39, 0.29) is 15.7 Å². The van der Waals surface area contributed by atoms with E-state index in [2.05, 4.69) is 10.6 Å². The molecule has 178 valence electrons. The maximum atomic E-state index is 13.1. The molecule has 0 heterocycles. The van der Waals surface area contributed by atoms with Crippen molar-refractivity contribution in [1.29, 1.82) is 0 Å². The van der Waals surface area contributed by atoms with Gasteiger partial charge in [0.1, 0.15) is 5.75 Å². The van der Waals surface area contributed by atoms with Gasteiger partial charge in [0.15, 0.2) is 0 Å². The molecule has 0 saturated heterocycles. The van der Waals surface area contributed by atoms with E-state index in [0.29, 0.717) is 30.1 Å². The van der Waals surface area contributed by atoms with Gasteiger partial charge in [-0.1, -0.05) is 42.5 Å². The lowest BCUT2D eigenvalue weighted by Crippen LogP contribution is -2.12. The fourth-order valence-electron chi connectivity index (χ4n) is 3.55. The Kier molecular flexibility index (Phi) is 7.48. The number of anilines is 2. The maximum Gasteiger partial charge on any atom is 0.255 e. The molecule has 6 nitrogen and oxygen atoms in total. The van der Waals surface area contributed by atoms with Crippen LogP contribution in [0.3, 0.4) is 0 Å². The highest BCUT2D eigenvalue weighted by molar-refractivity contribution is 7.91. The van der Waals surface area contributed by atoms with Crippen LogP contribution in [0.2, 0.25) is 0 Å². The van der Waals surface area contributed by atoms with Crippen LogP contribution >= 0.6 is 0 Å².